The van der Waals surface area contributed by atoms with Gasteiger partial charge in [-0.15, -0.1) is 0 Å². The van der Waals surface area contributed by atoms with Crippen molar-refractivity contribution in [3.05, 3.63) is 35.4 Å². The van der Waals surface area contributed by atoms with Gasteiger partial charge >= 0.3 is 5.97 Å². The van der Waals surface area contributed by atoms with Crippen LogP contribution >= 0.6 is 0 Å². The molecule has 0 amide bonds. The molecule has 0 bridgehead atoms. The Hall–Kier alpha value is -1.44. The maximum absolute atomic E-state index is 12.0. The number of hydrogen-bond acceptors (Lipinski definition) is 4. The molecule has 1 aliphatic heterocycles. The van der Waals surface area contributed by atoms with Gasteiger partial charge < -0.3 is 10.2 Å². The fourth-order valence-electron chi connectivity index (χ4n) is 2.01. The number of hydrogen-bond donors (Lipinski definition) is 2. The zero-order valence-corrected chi connectivity index (χ0v) is 11.2. The third-order valence-electron chi connectivity index (χ3n) is 2.95. The minimum absolute atomic E-state index is 0.0586. The predicted octanol–water partition coefficient (Wildman–Crippen LogP) is 0.281. The largest absolute Gasteiger partial charge is 0.478 e. The van der Waals surface area contributed by atoms with Gasteiger partial charge in [-0.25, -0.2) is 13.2 Å². The van der Waals surface area contributed by atoms with Crippen molar-refractivity contribution in [1.29, 1.82) is 0 Å². The lowest BCUT2D eigenvalue weighted by atomic mass is 10.0. The lowest BCUT2D eigenvalue weighted by Crippen LogP contribution is -2.61. The first kappa shape index (κ1) is 14.0. The van der Waals surface area contributed by atoms with Gasteiger partial charge in [-0.1, -0.05) is 12.1 Å². The summed E-state index contributed by atoms with van der Waals surface area (Å²) in [4.78, 5) is 10.8. The van der Waals surface area contributed by atoms with E-state index in [1.54, 1.807) is 13.0 Å². The summed E-state index contributed by atoms with van der Waals surface area (Å²) in [7, 11) is -3.51. The number of rotatable bonds is 4. The van der Waals surface area contributed by atoms with Gasteiger partial charge in [0.15, 0.2) is 0 Å². The number of aliphatic hydroxyl groups is 1. The maximum atomic E-state index is 12.0. The van der Waals surface area contributed by atoms with Gasteiger partial charge in [0.2, 0.25) is 10.0 Å². The van der Waals surface area contributed by atoms with Crippen LogP contribution < -0.4 is 0 Å². The summed E-state index contributed by atoms with van der Waals surface area (Å²) in [6.45, 7) is 1.73. The Morgan fingerprint density at radius 1 is 1.42 bits per heavy atom. The van der Waals surface area contributed by atoms with Crippen molar-refractivity contribution < 1.29 is 23.4 Å². The molecule has 1 aromatic rings. The fourth-order valence-corrected chi connectivity index (χ4v) is 3.74. The Labute approximate surface area is 111 Å². The minimum atomic E-state index is -3.51. The van der Waals surface area contributed by atoms with E-state index in [4.69, 9.17) is 5.11 Å². The number of nitrogens with zero attached hydrogens (tertiary/aromatic N) is 1. The number of sulfonamides is 1. The number of carboxylic acid groups (broad SMARTS) is 1. The van der Waals surface area contributed by atoms with Crippen LogP contribution in [0.15, 0.2) is 24.3 Å². The Morgan fingerprint density at radius 2 is 2.05 bits per heavy atom. The summed E-state index contributed by atoms with van der Waals surface area (Å²) >= 11 is 0. The first-order valence-corrected chi connectivity index (χ1v) is 7.33. The molecule has 0 atom stereocenters. The highest BCUT2D eigenvalue weighted by molar-refractivity contribution is 7.88. The van der Waals surface area contributed by atoms with Gasteiger partial charge in [0.1, 0.15) is 0 Å². The van der Waals surface area contributed by atoms with Crippen LogP contribution in [0.4, 0.5) is 0 Å². The molecule has 1 fully saturated rings. The van der Waals surface area contributed by atoms with E-state index < -0.39 is 21.6 Å². The summed E-state index contributed by atoms with van der Waals surface area (Å²) in [6.07, 6.45) is 0. The zero-order valence-electron chi connectivity index (χ0n) is 10.4. The van der Waals surface area contributed by atoms with Crippen LogP contribution in [0.1, 0.15) is 22.8 Å². The Bertz CT molecular complexity index is 600. The molecule has 0 spiro atoms. The van der Waals surface area contributed by atoms with Crippen LogP contribution in [-0.2, 0) is 15.8 Å². The highest BCUT2D eigenvalue weighted by Crippen LogP contribution is 2.25. The predicted molar refractivity (Wildman–Crippen MR) is 68.2 cm³/mol. The molecule has 104 valence electrons. The molecule has 0 unspecified atom stereocenters. The number of carboxylic acids is 1. The smallest absolute Gasteiger partial charge is 0.335 e. The Balaban J connectivity index is 2.13. The normalized spacial score (nSPS) is 18.8. The summed E-state index contributed by atoms with van der Waals surface area (Å²) < 4.78 is 25.2. The second kappa shape index (κ2) is 4.59. The Kier molecular flexibility index (Phi) is 3.38. The molecule has 0 aliphatic carbocycles. The molecule has 0 aromatic heterocycles. The van der Waals surface area contributed by atoms with E-state index in [2.05, 4.69) is 0 Å². The SMILES string of the molecule is CC1(O)CN(S(=O)(=O)Cc2cccc(C(=O)O)c2)C1. The van der Waals surface area contributed by atoms with Crippen LogP contribution in [0.5, 0.6) is 0 Å². The molecule has 0 radical (unpaired) electrons. The Morgan fingerprint density at radius 3 is 2.58 bits per heavy atom. The average Bonchev–Trinajstić information content (AvgIpc) is 2.25. The van der Waals surface area contributed by atoms with E-state index in [1.165, 1.54) is 22.5 Å². The number of carbonyl (C=O) groups is 1. The van der Waals surface area contributed by atoms with Gasteiger partial charge in [0.05, 0.1) is 16.9 Å². The van der Waals surface area contributed by atoms with Crippen molar-refractivity contribution in [2.45, 2.75) is 18.3 Å². The molecule has 2 rings (SSSR count). The molecular weight excluding hydrogens is 270 g/mol. The van der Waals surface area contributed by atoms with Crippen molar-refractivity contribution >= 4 is 16.0 Å². The van der Waals surface area contributed by atoms with Gasteiger partial charge in [0, 0.05) is 13.1 Å². The van der Waals surface area contributed by atoms with Gasteiger partial charge in [-0.2, -0.15) is 4.31 Å². The molecule has 1 heterocycles. The second-order valence-electron chi connectivity index (χ2n) is 5.03. The third kappa shape index (κ3) is 3.12. The summed E-state index contributed by atoms with van der Waals surface area (Å²) in [5.41, 5.74) is -0.481. The highest BCUT2D eigenvalue weighted by atomic mass is 32.2. The first-order valence-electron chi connectivity index (χ1n) is 5.72. The van der Waals surface area contributed by atoms with E-state index in [0.29, 0.717) is 5.56 Å². The van der Waals surface area contributed by atoms with Crippen LogP contribution in [0.2, 0.25) is 0 Å². The van der Waals surface area contributed by atoms with E-state index in [9.17, 15) is 18.3 Å². The molecule has 2 N–H and O–H groups in total. The summed E-state index contributed by atoms with van der Waals surface area (Å²) in [5.74, 6) is -1.35. The fraction of sp³-hybridized carbons (Fsp3) is 0.417. The highest BCUT2D eigenvalue weighted by Gasteiger charge is 2.43. The molecule has 19 heavy (non-hydrogen) atoms. The van der Waals surface area contributed by atoms with E-state index in [-0.39, 0.29) is 24.4 Å². The summed E-state index contributed by atoms with van der Waals surface area (Å²) in [6, 6.07) is 5.84. The van der Waals surface area contributed by atoms with Crippen LogP contribution in [0.25, 0.3) is 0 Å². The summed E-state index contributed by atoms with van der Waals surface area (Å²) in [5, 5.41) is 18.4. The van der Waals surface area contributed by atoms with E-state index >= 15 is 0 Å². The molecule has 7 heteroatoms. The van der Waals surface area contributed by atoms with E-state index in [1.807, 2.05) is 0 Å². The van der Waals surface area contributed by atoms with Gasteiger partial charge in [-0.3, -0.25) is 0 Å². The molecule has 1 aliphatic rings. The molecule has 1 saturated heterocycles. The number of benzene rings is 1. The third-order valence-corrected chi connectivity index (χ3v) is 4.69. The standard InChI is InChI=1S/C12H15NO5S/c1-12(16)7-13(8-12)19(17,18)6-9-3-2-4-10(5-9)11(14)15/h2-5,16H,6-8H2,1H3,(H,14,15). The second-order valence-corrected chi connectivity index (χ2v) is 7.00. The average molecular weight is 285 g/mol. The maximum Gasteiger partial charge on any atom is 0.335 e. The van der Waals surface area contributed by atoms with Gasteiger partial charge in [-0.05, 0) is 24.6 Å². The van der Waals surface area contributed by atoms with Crippen LogP contribution in [0.3, 0.4) is 0 Å². The van der Waals surface area contributed by atoms with Crippen molar-refractivity contribution in [2.24, 2.45) is 0 Å². The topological polar surface area (TPSA) is 94.9 Å². The zero-order chi connectivity index (χ0) is 14.3. The van der Waals surface area contributed by atoms with E-state index in [0.717, 1.165) is 0 Å². The van der Waals surface area contributed by atoms with Gasteiger partial charge in [0.25, 0.3) is 0 Å². The van der Waals surface area contributed by atoms with Crippen molar-refractivity contribution in [2.75, 3.05) is 13.1 Å². The van der Waals surface area contributed by atoms with Crippen LogP contribution in [-0.4, -0.2) is 47.6 Å². The monoisotopic (exact) mass is 285 g/mol. The van der Waals surface area contributed by atoms with Crippen molar-refractivity contribution in [1.82, 2.24) is 4.31 Å². The number of β-amino-alcohol motifs (C(OH)–C–C–N with tert-alkyl or cyclic N) is 1. The lowest BCUT2D eigenvalue weighted by Gasteiger charge is -2.42. The lowest BCUT2D eigenvalue weighted by molar-refractivity contribution is -0.0427. The molecular formula is C12H15NO5S. The molecule has 1 aromatic carbocycles. The van der Waals surface area contributed by atoms with Crippen LogP contribution in [0, 0.1) is 0 Å². The van der Waals surface area contributed by atoms with Crippen molar-refractivity contribution in [3.8, 4) is 0 Å². The number of aromatic carboxylic acids is 1. The minimum Gasteiger partial charge on any atom is -0.478 e. The first-order chi connectivity index (χ1) is 8.70. The quantitative estimate of drug-likeness (QED) is 0.828. The molecule has 6 nitrogen and oxygen atoms in total. The van der Waals surface area contributed by atoms with Crippen molar-refractivity contribution in [3.63, 3.8) is 0 Å². The molecule has 0 saturated carbocycles.